The number of aliphatic hydroxyl groups is 1. The largest absolute Gasteiger partial charge is 0.386 e. The summed E-state index contributed by atoms with van der Waals surface area (Å²) >= 11 is 0. The molecule has 96 valence electrons. The molecule has 1 atom stereocenters. The SMILES string of the molecule is CC(=O)Cc1ccccc1.CC1(O)C=CC=CC1. The van der Waals surface area contributed by atoms with Gasteiger partial charge in [0.2, 0.25) is 0 Å². The highest BCUT2D eigenvalue weighted by molar-refractivity contribution is 5.78. The van der Waals surface area contributed by atoms with Crippen molar-refractivity contribution in [3.05, 3.63) is 60.2 Å². The van der Waals surface area contributed by atoms with E-state index >= 15 is 0 Å². The van der Waals surface area contributed by atoms with E-state index in [-0.39, 0.29) is 5.78 Å². The molecule has 0 aliphatic heterocycles. The van der Waals surface area contributed by atoms with Crippen molar-refractivity contribution in [1.82, 2.24) is 0 Å². The minimum absolute atomic E-state index is 0.214. The maximum absolute atomic E-state index is 10.6. The van der Waals surface area contributed by atoms with E-state index in [9.17, 15) is 9.90 Å². The Morgan fingerprint density at radius 2 is 1.94 bits per heavy atom. The normalized spacial score (nSPS) is 21.1. The monoisotopic (exact) mass is 244 g/mol. The van der Waals surface area contributed by atoms with E-state index in [0.29, 0.717) is 6.42 Å². The molecule has 0 heterocycles. The zero-order valence-electron chi connectivity index (χ0n) is 11.0. The Hall–Kier alpha value is -1.67. The molecule has 0 spiro atoms. The van der Waals surface area contributed by atoms with Crippen molar-refractivity contribution >= 4 is 5.78 Å². The van der Waals surface area contributed by atoms with Crippen LogP contribution in [0.15, 0.2) is 54.6 Å². The first kappa shape index (κ1) is 14.4. The lowest BCUT2D eigenvalue weighted by Crippen LogP contribution is -2.20. The van der Waals surface area contributed by atoms with E-state index in [4.69, 9.17) is 0 Å². The highest BCUT2D eigenvalue weighted by Crippen LogP contribution is 2.14. The van der Waals surface area contributed by atoms with Crippen molar-refractivity contribution in [2.24, 2.45) is 0 Å². The molecule has 0 saturated heterocycles. The highest BCUT2D eigenvalue weighted by atomic mass is 16.3. The van der Waals surface area contributed by atoms with Gasteiger partial charge in [0.1, 0.15) is 5.78 Å². The molecule has 1 aromatic rings. The Kier molecular flexibility index (Phi) is 5.53. The van der Waals surface area contributed by atoms with Crippen molar-refractivity contribution in [3.8, 4) is 0 Å². The number of ketones is 1. The van der Waals surface area contributed by atoms with Crippen LogP contribution >= 0.6 is 0 Å². The van der Waals surface area contributed by atoms with Gasteiger partial charge in [-0.25, -0.2) is 0 Å². The number of Topliss-reactive ketones (excluding diaryl/α,β-unsaturated/α-hetero) is 1. The Labute approximate surface area is 109 Å². The van der Waals surface area contributed by atoms with Crippen molar-refractivity contribution in [2.45, 2.75) is 32.3 Å². The summed E-state index contributed by atoms with van der Waals surface area (Å²) in [5.41, 5.74) is 0.504. The van der Waals surface area contributed by atoms with Crippen LogP contribution in [-0.2, 0) is 11.2 Å². The van der Waals surface area contributed by atoms with Crippen LogP contribution in [0.1, 0.15) is 25.8 Å². The molecule has 0 radical (unpaired) electrons. The van der Waals surface area contributed by atoms with Crippen LogP contribution in [0.25, 0.3) is 0 Å². The summed E-state index contributed by atoms with van der Waals surface area (Å²) in [6.45, 7) is 3.40. The van der Waals surface area contributed by atoms with Crippen molar-refractivity contribution < 1.29 is 9.90 Å². The van der Waals surface area contributed by atoms with Crippen LogP contribution in [-0.4, -0.2) is 16.5 Å². The average molecular weight is 244 g/mol. The molecule has 1 aliphatic rings. The molecule has 0 fully saturated rings. The van der Waals surface area contributed by atoms with Crippen LogP contribution in [0, 0.1) is 0 Å². The van der Waals surface area contributed by atoms with Crippen LogP contribution in [0.2, 0.25) is 0 Å². The zero-order valence-corrected chi connectivity index (χ0v) is 11.0. The van der Waals surface area contributed by atoms with Crippen molar-refractivity contribution in [2.75, 3.05) is 0 Å². The fourth-order valence-corrected chi connectivity index (χ4v) is 1.60. The molecule has 1 aliphatic carbocycles. The third kappa shape index (κ3) is 6.16. The molecule has 1 aromatic carbocycles. The predicted molar refractivity (Wildman–Crippen MR) is 74.3 cm³/mol. The number of allylic oxidation sites excluding steroid dienone is 2. The lowest BCUT2D eigenvalue weighted by molar-refractivity contribution is -0.116. The van der Waals surface area contributed by atoms with Crippen molar-refractivity contribution in [3.63, 3.8) is 0 Å². The molecule has 0 bridgehead atoms. The molecule has 2 nitrogen and oxygen atoms in total. The van der Waals surface area contributed by atoms with E-state index in [1.807, 2.05) is 48.6 Å². The van der Waals surface area contributed by atoms with Gasteiger partial charge in [0.25, 0.3) is 0 Å². The van der Waals surface area contributed by atoms with Crippen LogP contribution in [0.3, 0.4) is 0 Å². The smallest absolute Gasteiger partial charge is 0.134 e. The molecule has 1 unspecified atom stereocenters. The van der Waals surface area contributed by atoms with E-state index in [1.54, 1.807) is 19.9 Å². The maximum Gasteiger partial charge on any atom is 0.134 e. The van der Waals surface area contributed by atoms with Gasteiger partial charge < -0.3 is 5.11 Å². The van der Waals surface area contributed by atoms with Gasteiger partial charge in [-0.2, -0.15) is 0 Å². The summed E-state index contributed by atoms with van der Waals surface area (Å²) in [4.78, 5) is 10.6. The average Bonchev–Trinajstić information content (AvgIpc) is 2.30. The zero-order chi connectivity index (χ0) is 13.4. The molecular weight excluding hydrogens is 224 g/mol. The van der Waals surface area contributed by atoms with Gasteiger partial charge in [-0.15, -0.1) is 0 Å². The summed E-state index contributed by atoms with van der Waals surface area (Å²) in [5.74, 6) is 0.214. The molecule has 0 aromatic heterocycles. The summed E-state index contributed by atoms with van der Waals surface area (Å²) in [6, 6.07) is 9.75. The Balaban J connectivity index is 0.000000184. The third-order valence-electron chi connectivity index (χ3n) is 2.53. The molecule has 2 rings (SSSR count). The summed E-state index contributed by atoms with van der Waals surface area (Å²) in [5, 5.41) is 9.24. The predicted octanol–water partition coefficient (Wildman–Crippen LogP) is 3.07. The fraction of sp³-hybridized carbons (Fsp3) is 0.312. The van der Waals surface area contributed by atoms with Gasteiger partial charge in [-0.3, -0.25) is 4.79 Å². The van der Waals surface area contributed by atoms with Gasteiger partial charge in [-0.05, 0) is 25.8 Å². The first-order valence-corrected chi connectivity index (χ1v) is 6.10. The molecule has 1 N–H and O–H groups in total. The number of hydrogen-bond acceptors (Lipinski definition) is 2. The second-order valence-corrected chi connectivity index (χ2v) is 4.71. The van der Waals surface area contributed by atoms with Gasteiger partial charge in [-0.1, -0.05) is 54.6 Å². The molecule has 0 amide bonds. The van der Waals surface area contributed by atoms with Crippen LogP contribution < -0.4 is 0 Å². The van der Waals surface area contributed by atoms with Crippen LogP contribution in [0.5, 0.6) is 0 Å². The van der Waals surface area contributed by atoms with E-state index < -0.39 is 5.60 Å². The van der Waals surface area contributed by atoms with Gasteiger partial charge in [0.05, 0.1) is 5.60 Å². The minimum atomic E-state index is -0.589. The number of benzene rings is 1. The first-order valence-electron chi connectivity index (χ1n) is 6.10. The third-order valence-corrected chi connectivity index (χ3v) is 2.53. The van der Waals surface area contributed by atoms with Gasteiger partial charge >= 0.3 is 0 Å². The molecule has 18 heavy (non-hydrogen) atoms. The molecule has 2 heteroatoms. The number of hydrogen-bond donors (Lipinski definition) is 1. The summed E-state index contributed by atoms with van der Waals surface area (Å²) < 4.78 is 0. The first-order chi connectivity index (χ1) is 8.49. The van der Waals surface area contributed by atoms with E-state index in [2.05, 4.69) is 0 Å². The maximum atomic E-state index is 10.6. The summed E-state index contributed by atoms with van der Waals surface area (Å²) in [6.07, 6.45) is 8.86. The topological polar surface area (TPSA) is 37.3 Å². The standard InChI is InChI=1S/C9H10O.C7H10O/c1-8(10)7-9-5-3-2-4-6-9;1-7(8)5-3-2-4-6-7/h2-6H,7H2,1H3;2-5,8H,6H2,1H3. The number of carbonyl (C=O) groups excluding carboxylic acids is 1. The Bertz CT molecular complexity index is 428. The van der Waals surface area contributed by atoms with Crippen molar-refractivity contribution in [1.29, 1.82) is 0 Å². The fourth-order valence-electron chi connectivity index (χ4n) is 1.60. The van der Waals surface area contributed by atoms with Gasteiger partial charge in [0, 0.05) is 6.42 Å². The number of rotatable bonds is 2. The second kappa shape index (κ2) is 6.92. The highest BCUT2D eigenvalue weighted by Gasteiger charge is 2.14. The second-order valence-electron chi connectivity index (χ2n) is 4.71. The number of carbonyl (C=O) groups is 1. The quantitative estimate of drug-likeness (QED) is 0.868. The van der Waals surface area contributed by atoms with E-state index in [1.165, 1.54) is 0 Å². The lowest BCUT2D eigenvalue weighted by Gasteiger charge is -2.17. The van der Waals surface area contributed by atoms with E-state index in [0.717, 1.165) is 12.0 Å². The lowest BCUT2D eigenvalue weighted by atomic mass is 9.98. The summed E-state index contributed by atoms with van der Waals surface area (Å²) in [7, 11) is 0. The molecular formula is C16H20O2. The Morgan fingerprint density at radius 1 is 1.28 bits per heavy atom. The molecule has 0 saturated carbocycles. The Morgan fingerprint density at radius 3 is 2.33 bits per heavy atom. The van der Waals surface area contributed by atoms with Gasteiger partial charge in [0.15, 0.2) is 0 Å². The minimum Gasteiger partial charge on any atom is -0.386 e. The van der Waals surface area contributed by atoms with Crippen LogP contribution in [0.4, 0.5) is 0 Å².